The second-order valence-corrected chi connectivity index (χ2v) is 5.58. The Kier molecular flexibility index (Phi) is 4.66. The number of sulfonamides is 1. The van der Waals surface area contributed by atoms with Gasteiger partial charge in [-0.3, -0.25) is 4.79 Å². The number of hydrogen-bond acceptors (Lipinski definition) is 3. The Morgan fingerprint density at radius 3 is 2.67 bits per heavy atom. The van der Waals surface area contributed by atoms with Crippen molar-refractivity contribution in [3.8, 4) is 0 Å². The first-order valence-electron chi connectivity index (χ1n) is 4.98. The third-order valence-electron chi connectivity index (χ3n) is 2.19. The molecule has 0 aliphatic carbocycles. The molecule has 0 saturated carbocycles. The van der Waals surface area contributed by atoms with E-state index in [1.807, 2.05) is 4.72 Å². The van der Waals surface area contributed by atoms with E-state index in [9.17, 15) is 17.6 Å². The summed E-state index contributed by atoms with van der Waals surface area (Å²) in [7, 11) is -4.17. The fraction of sp³-hybridized carbons (Fsp3) is 0.300. The number of nitrogens with one attached hydrogen (secondary N) is 1. The Bertz CT molecular complexity index is 561. The van der Waals surface area contributed by atoms with Crippen LogP contribution in [0.5, 0.6) is 0 Å². The molecule has 0 radical (unpaired) electrons. The quantitative estimate of drug-likeness (QED) is 0.864. The van der Waals surface area contributed by atoms with Gasteiger partial charge in [0.1, 0.15) is 16.8 Å². The lowest BCUT2D eigenvalue weighted by Gasteiger charge is -2.13. The first-order chi connectivity index (χ1) is 8.27. The van der Waals surface area contributed by atoms with Gasteiger partial charge in [0.25, 0.3) is 0 Å². The Labute approximate surface area is 109 Å². The number of aliphatic carboxylic acids is 1. The zero-order chi connectivity index (χ0) is 13.9. The number of carboxylic acid groups (broad SMARTS) is 1. The summed E-state index contributed by atoms with van der Waals surface area (Å²) >= 11 is 5.65. The van der Waals surface area contributed by atoms with Crippen molar-refractivity contribution < 1.29 is 22.7 Å². The van der Waals surface area contributed by atoms with E-state index in [4.69, 9.17) is 16.7 Å². The normalized spacial score (nSPS) is 13.3. The van der Waals surface area contributed by atoms with E-state index in [0.717, 1.165) is 18.2 Å². The molecule has 0 unspecified atom stereocenters. The van der Waals surface area contributed by atoms with Crippen molar-refractivity contribution in [2.75, 3.05) is 0 Å². The average Bonchev–Trinajstić information content (AvgIpc) is 2.28. The van der Waals surface area contributed by atoms with Gasteiger partial charge >= 0.3 is 5.97 Å². The molecule has 18 heavy (non-hydrogen) atoms. The molecule has 0 aromatic heterocycles. The van der Waals surface area contributed by atoms with Gasteiger partial charge in [0.15, 0.2) is 0 Å². The molecule has 1 aromatic carbocycles. The molecule has 5 nitrogen and oxygen atoms in total. The van der Waals surface area contributed by atoms with Crippen molar-refractivity contribution in [3.63, 3.8) is 0 Å². The van der Waals surface area contributed by atoms with Crippen LogP contribution in [0.1, 0.15) is 13.3 Å². The first kappa shape index (κ1) is 14.9. The van der Waals surface area contributed by atoms with Crippen LogP contribution in [0.3, 0.4) is 0 Å². The van der Waals surface area contributed by atoms with E-state index >= 15 is 0 Å². The summed E-state index contributed by atoms with van der Waals surface area (Å²) in [4.78, 5) is 10.3. The molecular weight excluding hydrogens is 285 g/mol. The fourth-order valence-electron chi connectivity index (χ4n) is 1.24. The second kappa shape index (κ2) is 5.64. The van der Waals surface area contributed by atoms with E-state index in [-0.39, 0.29) is 11.4 Å². The molecule has 0 aliphatic heterocycles. The van der Waals surface area contributed by atoms with Gasteiger partial charge in [0.2, 0.25) is 10.0 Å². The highest BCUT2D eigenvalue weighted by atomic mass is 35.5. The molecule has 0 amide bonds. The van der Waals surface area contributed by atoms with Crippen LogP contribution in [0.25, 0.3) is 0 Å². The fourth-order valence-corrected chi connectivity index (χ4v) is 3.03. The third-order valence-corrected chi connectivity index (χ3v) is 4.14. The minimum absolute atomic E-state index is 0.0570. The largest absolute Gasteiger partial charge is 0.480 e. The molecule has 1 aromatic rings. The Hall–Kier alpha value is -1.18. The van der Waals surface area contributed by atoms with Crippen LogP contribution < -0.4 is 4.72 Å². The van der Waals surface area contributed by atoms with Crippen LogP contribution in [0.4, 0.5) is 4.39 Å². The van der Waals surface area contributed by atoms with Gasteiger partial charge in [-0.1, -0.05) is 18.5 Å². The summed E-state index contributed by atoms with van der Waals surface area (Å²) in [5.41, 5.74) is 0. The van der Waals surface area contributed by atoms with Gasteiger partial charge in [-0.2, -0.15) is 4.72 Å². The van der Waals surface area contributed by atoms with Crippen LogP contribution in [-0.4, -0.2) is 25.5 Å². The molecule has 0 aliphatic rings. The smallest absolute Gasteiger partial charge is 0.321 e. The number of hydrogen-bond donors (Lipinski definition) is 2. The molecule has 0 spiro atoms. The van der Waals surface area contributed by atoms with Crippen LogP contribution in [0.2, 0.25) is 5.02 Å². The summed E-state index contributed by atoms with van der Waals surface area (Å²) in [6.45, 7) is 1.51. The summed E-state index contributed by atoms with van der Waals surface area (Å²) < 4.78 is 38.6. The highest BCUT2D eigenvalue weighted by Crippen LogP contribution is 2.22. The van der Waals surface area contributed by atoms with Crippen molar-refractivity contribution in [1.29, 1.82) is 0 Å². The van der Waals surface area contributed by atoms with Crippen LogP contribution in [-0.2, 0) is 14.8 Å². The lowest BCUT2D eigenvalue weighted by atomic mass is 10.2. The molecule has 0 fully saturated rings. The molecule has 2 N–H and O–H groups in total. The topological polar surface area (TPSA) is 83.5 Å². The maximum atomic E-state index is 13.0. The Morgan fingerprint density at radius 1 is 1.56 bits per heavy atom. The van der Waals surface area contributed by atoms with E-state index in [0.29, 0.717) is 0 Å². The van der Waals surface area contributed by atoms with Gasteiger partial charge in [-0.25, -0.2) is 12.8 Å². The van der Waals surface area contributed by atoms with Crippen LogP contribution in [0, 0.1) is 5.82 Å². The van der Waals surface area contributed by atoms with E-state index in [2.05, 4.69) is 0 Å². The standard InChI is InChI=1S/C10H11ClFNO4S/c1-2-8(10(14)15)13-18(16,17)9-5-6(12)3-4-7(9)11/h3-5,8,13H,2H2,1H3,(H,14,15)/t8-/m0/s1. The highest BCUT2D eigenvalue weighted by molar-refractivity contribution is 7.89. The molecule has 0 bridgehead atoms. The van der Waals surface area contributed by atoms with E-state index < -0.39 is 32.7 Å². The molecule has 0 heterocycles. The SMILES string of the molecule is CC[C@H](NS(=O)(=O)c1cc(F)ccc1Cl)C(=O)O. The number of halogens is 2. The number of carbonyl (C=O) groups is 1. The van der Waals surface area contributed by atoms with Gasteiger partial charge in [-0.15, -0.1) is 0 Å². The van der Waals surface area contributed by atoms with Gasteiger partial charge in [0.05, 0.1) is 5.02 Å². The number of carboxylic acids is 1. The predicted molar refractivity (Wildman–Crippen MR) is 63.4 cm³/mol. The zero-order valence-corrected chi connectivity index (χ0v) is 10.9. The maximum Gasteiger partial charge on any atom is 0.321 e. The highest BCUT2D eigenvalue weighted by Gasteiger charge is 2.25. The van der Waals surface area contributed by atoms with Crippen molar-refractivity contribution in [1.82, 2.24) is 4.72 Å². The minimum Gasteiger partial charge on any atom is -0.480 e. The summed E-state index contributed by atoms with van der Waals surface area (Å²) in [5, 5.41) is 8.60. The molecule has 100 valence electrons. The monoisotopic (exact) mass is 295 g/mol. The van der Waals surface area contributed by atoms with E-state index in [1.165, 1.54) is 6.92 Å². The molecular formula is C10H11ClFNO4S. The van der Waals surface area contributed by atoms with Crippen molar-refractivity contribution >= 4 is 27.6 Å². The van der Waals surface area contributed by atoms with Crippen LogP contribution in [0.15, 0.2) is 23.1 Å². The van der Waals surface area contributed by atoms with Gasteiger partial charge < -0.3 is 5.11 Å². The minimum atomic E-state index is -4.17. The first-order valence-corrected chi connectivity index (χ1v) is 6.84. The molecule has 0 saturated heterocycles. The summed E-state index contributed by atoms with van der Waals surface area (Å²) in [5.74, 6) is -2.09. The average molecular weight is 296 g/mol. The number of benzene rings is 1. The maximum absolute atomic E-state index is 13.0. The predicted octanol–water partition coefficient (Wildman–Crippen LogP) is 1.62. The molecule has 1 atom stereocenters. The lowest BCUT2D eigenvalue weighted by Crippen LogP contribution is -2.40. The summed E-state index contributed by atoms with van der Waals surface area (Å²) in [6, 6.07) is 1.55. The number of rotatable bonds is 5. The van der Waals surface area contributed by atoms with Crippen molar-refractivity contribution in [2.45, 2.75) is 24.3 Å². The second-order valence-electron chi connectivity index (χ2n) is 3.50. The zero-order valence-electron chi connectivity index (χ0n) is 9.35. The van der Waals surface area contributed by atoms with Crippen LogP contribution >= 0.6 is 11.6 Å². The molecule has 1 rings (SSSR count). The van der Waals surface area contributed by atoms with Crippen molar-refractivity contribution in [2.24, 2.45) is 0 Å². The van der Waals surface area contributed by atoms with Gasteiger partial charge in [0, 0.05) is 0 Å². The van der Waals surface area contributed by atoms with Gasteiger partial charge in [-0.05, 0) is 24.6 Å². The Morgan fingerprint density at radius 2 is 2.17 bits per heavy atom. The van der Waals surface area contributed by atoms with E-state index in [1.54, 1.807) is 0 Å². The lowest BCUT2D eigenvalue weighted by molar-refractivity contribution is -0.139. The summed E-state index contributed by atoms with van der Waals surface area (Å²) in [6.07, 6.45) is 0.0570. The van der Waals surface area contributed by atoms with Crippen molar-refractivity contribution in [3.05, 3.63) is 29.0 Å². The molecule has 8 heteroatoms. The Balaban J connectivity index is 3.14. The third kappa shape index (κ3) is 3.41.